The first-order chi connectivity index (χ1) is 11.1. The molecule has 6 nitrogen and oxygen atoms in total. The summed E-state index contributed by atoms with van der Waals surface area (Å²) < 4.78 is 1.52. The van der Waals surface area contributed by atoms with Crippen molar-refractivity contribution in [2.45, 2.75) is 25.9 Å². The second kappa shape index (κ2) is 6.48. The number of aromatic amines is 1. The van der Waals surface area contributed by atoms with Crippen molar-refractivity contribution in [1.82, 2.24) is 19.9 Å². The van der Waals surface area contributed by atoms with E-state index in [1.807, 2.05) is 31.2 Å². The minimum absolute atomic E-state index is 0.106. The van der Waals surface area contributed by atoms with Crippen molar-refractivity contribution in [3.8, 4) is 0 Å². The lowest BCUT2D eigenvalue weighted by molar-refractivity contribution is -0.122. The van der Waals surface area contributed by atoms with Crippen molar-refractivity contribution in [1.29, 1.82) is 0 Å². The molecule has 118 valence electrons. The maximum atomic E-state index is 12.1. The Morgan fingerprint density at radius 2 is 2.04 bits per heavy atom. The number of hydrogen-bond donors (Lipinski definition) is 2. The highest BCUT2D eigenvalue weighted by molar-refractivity contribution is 5.77. The van der Waals surface area contributed by atoms with Crippen LogP contribution in [-0.2, 0) is 11.3 Å². The molecular formula is C17H18N4O2. The van der Waals surface area contributed by atoms with E-state index >= 15 is 0 Å². The van der Waals surface area contributed by atoms with E-state index in [1.54, 1.807) is 18.3 Å². The third kappa shape index (κ3) is 3.48. The second-order valence-electron chi connectivity index (χ2n) is 5.41. The molecule has 1 amide bonds. The van der Waals surface area contributed by atoms with Crippen molar-refractivity contribution in [2.24, 2.45) is 0 Å². The van der Waals surface area contributed by atoms with Crippen molar-refractivity contribution in [2.75, 3.05) is 0 Å². The molecular weight excluding hydrogens is 292 g/mol. The van der Waals surface area contributed by atoms with Crippen molar-refractivity contribution in [3.63, 3.8) is 0 Å². The Morgan fingerprint density at radius 3 is 2.83 bits per heavy atom. The maximum absolute atomic E-state index is 12.1. The molecule has 3 rings (SSSR count). The van der Waals surface area contributed by atoms with Gasteiger partial charge in [-0.25, -0.2) is 4.98 Å². The molecule has 2 heterocycles. The van der Waals surface area contributed by atoms with Crippen LogP contribution in [0.25, 0.3) is 11.0 Å². The third-order valence-electron chi connectivity index (χ3n) is 3.67. The first-order valence-corrected chi connectivity index (χ1v) is 7.53. The number of H-pyrrole nitrogens is 1. The molecule has 23 heavy (non-hydrogen) atoms. The minimum atomic E-state index is -0.220. The molecule has 0 saturated heterocycles. The van der Waals surface area contributed by atoms with Crippen molar-refractivity contribution in [3.05, 3.63) is 64.8 Å². The van der Waals surface area contributed by atoms with Gasteiger partial charge in [0.05, 0.1) is 17.1 Å². The van der Waals surface area contributed by atoms with Crippen LogP contribution < -0.4 is 10.9 Å². The molecule has 0 aliphatic heterocycles. The lowest BCUT2D eigenvalue weighted by atomic mass is 10.3. The van der Waals surface area contributed by atoms with Gasteiger partial charge in [0.25, 0.3) is 5.56 Å². The van der Waals surface area contributed by atoms with E-state index in [0.717, 1.165) is 16.9 Å². The molecule has 0 saturated carbocycles. The first kappa shape index (κ1) is 15.0. The van der Waals surface area contributed by atoms with E-state index < -0.39 is 0 Å². The molecule has 0 radical (unpaired) electrons. The topological polar surface area (TPSA) is 79.8 Å². The van der Waals surface area contributed by atoms with Crippen LogP contribution in [0.4, 0.5) is 0 Å². The van der Waals surface area contributed by atoms with Crippen LogP contribution in [0.15, 0.2) is 53.5 Å². The van der Waals surface area contributed by atoms with Gasteiger partial charge in [0.15, 0.2) is 0 Å². The highest BCUT2D eigenvalue weighted by atomic mass is 16.2. The van der Waals surface area contributed by atoms with Gasteiger partial charge in [0, 0.05) is 25.2 Å². The molecule has 2 aromatic heterocycles. The fourth-order valence-corrected chi connectivity index (χ4v) is 2.43. The Balaban J connectivity index is 1.61. The second-order valence-corrected chi connectivity index (χ2v) is 5.41. The SMILES string of the molecule is CC(NC(=O)CCn1ccccc1=O)c1nc2ccccc2[nH]1. The zero-order valence-electron chi connectivity index (χ0n) is 12.8. The molecule has 0 spiro atoms. The van der Waals surface area contributed by atoms with E-state index in [-0.39, 0.29) is 23.9 Å². The van der Waals surface area contributed by atoms with Crippen LogP contribution in [0.1, 0.15) is 25.2 Å². The highest BCUT2D eigenvalue weighted by Crippen LogP contribution is 2.15. The Morgan fingerprint density at radius 1 is 1.26 bits per heavy atom. The van der Waals surface area contributed by atoms with Gasteiger partial charge in [-0.05, 0) is 25.1 Å². The number of carbonyl (C=O) groups excluding carboxylic acids is 1. The number of para-hydroxylation sites is 2. The number of amides is 1. The number of rotatable bonds is 5. The molecule has 0 aliphatic carbocycles. The number of nitrogens with one attached hydrogen (secondary N) is 2. The van der Waals surface area contributed by atoms with Gasteiger partial charge in [0.2, 0.25) is 5.91 Å². The Kier molecular flexibility index (Phi) is 4.23. The average Bonchev–Trinajstić information content (AvgIpc) is 2.98. The Labute approximate surface area is 133 Å². The maximum Gasteiger partial charge on any atom is 0.250 e. The van der Waals surface area contributed by atoms with Crippen LogP contribution in [0.5, 0.6) is 0 Å². The largest absolute Gasteiger partial charge is 0.346 e. The monoisotopic (exact) mass is 310 g/mol. The number of carbonyl (C=O) groups is 1. The van der Waals surface area contributed by atoms with E-state index in [4.69, 9.17) is 0 Å². The molecule has 1 aromatic carbocycles. The number of aromatic nitrogens is 3. The summed E-state index contributed by atoms with van der Waals surface area (Å²) in [6, 6.07) is 12.4. The zero-order valence-corrected chi connectivity index (χ0v) is 12.8. The van der Waals surface area contributed by atoms with Crippen LogP contribution in [0.3, 0.4) is 0 Å². The van der Waals surface area contributed by atoms with Gasteiger partial charge < -0.3 is 14.9 Å². The summed E-state index contributed by atoms with van der Waals surface area (Å²) in [6.45, 7) is 2.24. The fourth-order valence-electron chi connectivity index (χ4n) is 2.43. The average molecular weight is 310 g/mol. The smallest absolute Gasteiger partial charge is 0.250 e. The van der Waals surface area contributed by atoms with Gasteiger partial charge in [-0.15, -0.1) is 0 Å². The quantitative estimate of drug-likeness (QED) is 0.756. The number of fused-ring (bicyclic) bond motifs is 1. The highest BCUT2D eigenvalue weighted by Gasteiger charge is 2.13. The van der Waals surface area contributed by atoms with E-state index in [2.05, 4.69) is 15.3 Å². The summed E-state index contributed by atoms with van der Waals surface area (Å²) in [5, 5.41) is 2.90. The lowest BCUT2D eigenvalue weighted by Crippen LogP contribution is -2.29. The van der Waals surface area contributed by atoms with Gasteiger partial charge in [-0.2, -0.15) is 0 Å². The molecule has 6 heteroatoms. The fraction of sp³-hybridized carbons (Fsp3) is 0.235. The van der Waals surface area contributed by atoms with E-state index in [1.165, 1.54) is 10.6 Å². The van der Waals surface area contributed by atoms with Crippen molar-refractivity contribution >= 4 is 16.9 Å². The van der Waals surface area contributed by atoms with Crippen LogP contribution in [0.2, 0.25) is 0 Å². The zero-order chi connectivity index (χ0) is 16.2. The Bertz CT molecular complexity index is 848. The number of benzene rings is 1. The minimum Gasteiger partial charge on any atom is -0.346 e. The molecule has 0 aliphatic rings. The van der Waals surface area contributed by atoms with Crippen LogP contribution in [-0.4, -0.2) is 20.4 Å². The van der Waals surface area contributed by atoms with Crippen LogP contribution >= 0.6 is 0 Å². The molecule has 1 unspecified atom stereocenters. The summed E-state index contributed by atoms with van der Waals surface area (Å²) in [5.41, 5.74) is 1.71. The predicted octanol–water partition coefficient (Wildman–Crippen LogP) is 1.99. The van der Waals surface area contributed by atoms with Crippen LogP contribution in [0, 0.1) is 0 Å². The van der Waals surface area contributed by atoms with Gasteiger partial charge >= 0.3 is 0 Å². The summed E-state index contributed by atoms with van der Waals surface area (Å²) in [7, 11) is 0. The van der Waals surface area contributed by atoms with Gasteiger partial charge in [-0.3, -0.25) is 9.59 Å². The standard InChI is InChI=1S/C17H18N4O2/c1-12(17-19-13-6-2-3-7-14(13)20-17)18-15(22)9-11-21-10-5-4-8-16(21)23/h2-8,10,12H,9,11H2,1H3,(H,18,22)(H,19,20). The first-order valence-electron chi connectivity index (χ1n) is 7.53. The summed E-state index contributed by atoms with van der Waals surface area (Å²) in [5.74, 6) is 0.602. The van der Waals surface area contributed by atoms with Gasteiger partial charge in [-0.1, -0.05) is 18.2 Å². The molecule has 1 atom stereocenters. The molecule has 2 N–H and O–H groups in total. The molecule has 0 bridgehead atoms. The Hall–Kier alpha value is -2.89. The van der Waals surface area contributed by atoms with Crippen molar-refractivity contribution < 1.29 is 4.79 Å². The summed E-state index contributed by atoms with van der Waals surface area (Å²) in [6.07, 6.45) is 1.92. The molecule has 3 aromatic rings. The summed E-state index contributed by atoms with van der Waals surface area (Å²) >= 11 is 0. The predicted molar refractivity (Wildman–Crippen MR) is 88.0 cm³/mol. The number of aryl methyl sites for hydroxylation is 1. The number of hydrogen-bond acceptors (Lipinski definition) is 3. The number of pyridine rings is 1. The third-order valence-corrected chi connectivity index (χ3v) is 3.67. The number of imidazole rings is 1. The summed E-state index contributed by atoms with van der Waals surface area (Å²) in [4.78, 5) is 31.3. The van der Waals surface area contributed by atoms with Gasteiger partial charge in [0.1, 0.15) is 5.82 Å². The normalized spacial score (nSPS) is 12.2. The number of nitrogens with zero attached hydrogens (tertiary/aromatic N) is 2. The lowest BCUT2D eigenvalue weighted by Gasteiger charge is -2.12. The van der Waals surface area contributed by atoms with E-state index in [9.17, 15) is 9.59 Å². The molecule has 0 fully saturated rings. The van der Waals surface area contributed by atoms with E-state index in [0.29, 0.717) is 6.54 Å².